The summed E-state index contributed by atoms with van der Waals surface area (Å²) in [6.45, 7) is 0.863. The number of pyridine rings is 1. The minimum atomic E-state index is -0.353. The SMILES string of the molecule is N[C@@H]1CN(C(=O)c2cnc3ccc(F)cc3c2)C[C@H]1N. The Bertz CT molecular complexity index is 665. The molecule has 1 aliphatic rings. The van der Waals surface area contributed by atoms with Gasteiger partial charge in [-0.3, -0.25) is 9.78 Å². The maximum Gasteiger partial charge on any atom is 0.255 e. The molecule has 2 atom stereocenters. The summed E-state index contributed by atoms with van der Waals surface area (Å²) in [7, 11) is 0. The number of nitrogens with two attached hydrogens (primary N) is 2. The van der Waals surface area contributed by atoms with Crippen molar-refractivity contribution in [3.63, 3.8) is 0 Å². The fraction of sp³-hybridized carbons (Fsp3) is 0.286. The molecule has 1 fully saturated rings. The van der Waals surface area contributed by atoms with E-state index in [1.807, 2.05) is 0 Å². The Morgan fingerprint density at radius 1 is 1.25 bits per heavy atom. The van der Waals surface area contributed by atoms with Crippen LogP contribution >= 0.6 is 0 Å². The lowest BCUT2D eigenvalue weighted by Gasteiger charge is -2.15. The van der Waals surface area contributed by atoms with Gasteiger partial charge in [0.25, 0.3) is 5.91 Å². The van der Waals surface area contributed by atoms with E-state index in [0.29, 0.717) is 29.6 Å². The van der Waals surface area contributed by atoms with Crippen molar-refractivity contribution >= 4 is 16.8 Å². The maximum absolute atomic E-state index is 13.2. The summed E-state index contributed by atoms with van der Waals surface area (Å²) in [6.07, 6.45) is 1.50. The van der Waals surface area contributed by atoms with Crippen LogP contribution in [0.1, 0.15) is 10.4 Å². The molecule has 1 aromatic carbocycles. The van der Waals surface area contributed by atoms with Crippen molar-refractivity contribution in [3.05, 3.63) is 41.8 Å². The number of rotatable bonds is 1. The normalized spacial score (nSPS) is 22.4. The minimum Gasteiger partial charge on any atom is -0.335 e. The number of amides is 1. The van der Waals surface area contributed by atoms with Crippen molar-refractivity contribution in [2.75, 3.05) is 13.1 Å². The van der Waals surface area contributed by atoms with Crippen molar-refractivity contribution < 1.29 is 9.18 Å². The van der Waals surface area contributed by atoms with E-state index in [1.54, 1.807) is 17.0 Å². The van der Waals surface area contributed by atoms with Gasteiger partial charge in [-0.05, 0) is 24.3 Å². The van der Waals surface area contributed by atoms with Crippen LogP contribution in [-0.4, -0.2) is 41.0 Å². The van der Waals surface area contributed by atoms with Crippen molar-refractivity contribution in [1.82, 2.24) is 9.88 Å². The van der Waals surface area contributed by atoms with Crippen LogP contribution in [0.3, 0.4) is 0 Å². The molecule has 6 heteroatoms. The molecule has 104 valence electrons. The lowest BCUT2D eigenvalue weighted by atomic mass is 10.1. The number of aromatic nitrogens is 1. The molecule has 2 heterocycles. The lowest BCUT2D eigenvalue weighted by molar-refractivity contribution is 0.0789. The van der Waals surface area contributed by atoms with Crippen LogP contribution in [0.15, 0.2) is 30.5 Å². The first-order valence-electron chi connectivity index (χ1n) is 6.40. The number of likely N-dealkylation sites (tertiary alicyclic amines) is 1. The minimum absolute atomic E-state index is 0.174. The van der Waals surface area contributed by atoms with Crippen molar-refractivity contribution in [1.29, 1.82) is 0 Å². The third-order valence-corrected chi connectivity index (χ3v) is 3.59. The molecule has 0 spiro atoms. The van der Waals surface area contributed by atoms with Gasteiger partial charge in [-0.2, -0.15) is 0 Å². The van der Waals surface area contributed by atoms with E-state index in [9.17, 15) is 9.18 Å². The predicted octanol–water partition coefficient (Wildman–Crippen LogP) is 0.484. The fourth-order valence-electron chi connectivity index (χ4n) is 2.42. The van der Waals surface area contributed by atoms with Gasteiger partial charge >= 0.3 is 0 Å². The first-order valence-corrected chi connectivity index (χ1v) is 6.40. The average Bonchev–Trinajstić information content (AvgIpc) is 2.77. The smallest absolute Gasteiger partial charge is 0.255 e. The van der Waals surface area contributed by atoms with Crippen molar-refractivity contribution in [2.24, 2.45) is 11.5 Å². The molecule has 0 bridgehead atoms. The molecule has 1 aliphatic heterocycles. The molecule has 0 aliphatic carbocycles. The van der Waals surface area contributed by atoms with Crippen LogP contribution in [0.2, 0.25) is 0 Å². The fourth-order valence-corrected chi connectivity index (χ4v) is 2.42. The van der Waals surface area contributed by atoms with Crippen LogP contribution in [0, 0.1) is 5.82 Å². The van der Waals surface area contributed by atoms with E-state index in [4.69, 9.17) is 11.5 Å². The lowest BCUT2D eigenvalue weighted by Crippen LogP contribution is -2.39. The Morgan fingerprint density at radius 2 is 1.95 bits per heavy atom. The van der Waals surface area contributed by atoms with Crippen LogP contribution in [0.4, 0.5) is 4.39 Å². The van der Waals surface area contributed by atoms with Crippen LogP contribution in [0.5, 0.6) is 0 Å². The molecule has 5 nitrogen and oxygen atoms in total. The van der Waals surface area contributed by atoms with Gasteiger partial charge in [-0.25, -0.2) is 4.39 Å². The van der Waals surface area contributed by atoms with Gasteiger partial charge < -0.3 is 16.4 Å². The topological polar surface area (TPSA) is 85.2 Å². The van der Waals surface area contributed by atoms with Gasteiger partial charge in [0.1, 0.15) is 5.82 Å². The molecule has 0 unspecified atom stereocenters. The van der Waals surface area contributed by atoms with Gasteiger partial charge in [0.05, 0.1) is 11.1 Å². The van der Waals surface area contributed by atoms with Gasteiger partial charge in [-0.1, -0.05) is 0 Å². The van der Waals surface area contributed by atoms with Crippen molar-refractivity contribution in [2.45, 2.75) is 12.1 Å². The predicted molar refractivity (Wildman–Crippen MR) is 73.6 cm³/mol. The maximum atomic E-state index is 13.2. The number of carbonyl (C=O) groups is 1. The average molecular weight is 274 g/mol. The highest BCUT2D eigenvalue weighted by atomic mass is 19.1. The first kappa shape index (κ1) is 13.0. The zero-order valence-electron chi connectivity index (χ0n) is 10.8. The third kappa shape index (κ3) is 2.23. The number of hydrogen-bond donors (Lipinski definition) is 2. The van der Waals surface area contributed by atoms with Gasteiger partial charge in [0.15, 0.2) is 0 Å². The molecular weight excluding hydrogens is 259 g/mol. The number of carbonyl (C=O) groups excluding carboxylic acids is 1. The van der Waals surface area contributed by atoms with E-state index < -0.39 is 0 Å². The first-order chi connectivity index (χ1) is 9.54. The molecular formula is C14H15FN4O. The number of benzene rings is 1. The molecule has 1 saturated heterocycles. The van der Waals surface area contributed by atoms with E-state index in [2.05, 4.69) is 4.98 Å². The standard InChI is InChI=1S/C14H15FN4O/c15-10-1-2-13-8(4-10)3-9(5-18-13)14(20)19-6-11(16)12(17)7-19/h1-5,11-12H,6-7,16-17H2/t11-,12-/m1/s1. The second-order valence-corrected chi connectivity index (χ2v) is 5.10. The largest absolute Gasteiger partial charge is 0.335 e. The summed E-state index contributed by atoms with van der Waals surface area (Å²) in [6, 6.07) is 5.52. The molecule has 1 aromatic heterocycles. The Hall–Kier alpha value is -2.05. The number of hydrogen-bond acceptors (Lipinski definition) is 4. The Morgan fingerprint density at radius 3 is 2.65 bits per heavy atom. The summed E-state index contributed by atoms with van der Waals surface area (Å²) in [4.78, 5) is 18.1. The number of nitrogens with zero attached hydrogens (tertiary/aromatic N) is 2. The molecule has 0 saturated carbocycles. The number of halogens is 1. The molecule has 2 aromatic rings. The third-order valence-electron chi connectivity index (χ3n) is 3.59. The monoisotopic (exact) mass is 274 g/mol. The van der Waals surface area contributed by atoms with E-state index in [0.717, 1.165) is 0 Å². The van der Waals surface area contributed by atoms with Crippen molar-refractivity contribution in [3.8, 4) is 0 Å². The number of fused-ring (bicyclic) bond motifs is 1. The van der Waals surface area contributed by atoms with Crippen LogP contribution in [-0.2, 0) is 0 Å². The molecule has 0 radical (unpaired) electrons. The highest BCUT2D eigenvalue weighted by Crippen LogP contribution is 2.17. The summed E-state index contributed by atoms with van der Waals surface area (Å²) in [5, 5.41) is 0.601. The molecule has 3 rings (SSSR count). The Labute approximate surface area is 115 Å². The molecule has 4 N–H and O–H groups in total. The highest BCUT2D eigenvalue weighted by Gasteiger charge is 2.30. The van der Waals surface area contributed by atoms with Crippen LogP contribution < -0.4 is 11.5 Å². The summed E-state index contributed by atoms with van der Waals surface area (Å²) >= 11 is 0. The summed E-state index contributed by atoms with van der Waals surface area (Å²) in [5.74, 6) is -0.527. The Kier molecular flexibility index (Phi) is 3.11. The van der Waals surface area contributed by atoms with Gasteiger partial charge in [0, 0.05) is 36.8 Å². The molecule has 1 amide bonds. The second kappa shape index (κ2) is 4.81. The van der Waals surface area contributed by atoms with Gasteiger partial charge in [-0.15, -0.1) is 0 Å². The second-order valence-electron chi connectivity index (χ2n) is 5.10. The molecule has 20 heavy (non-hydrogen) atoms. The zero-order valence-corrected chi connectivity index (χ0v) is 10.8. The Balaban J connectivity index is 1.92. The highest BCUT2D eigenvalue weighted by molar-refractivity contribution is 5.97. The quantitative estimate of drug-likeness (QED) is 0.792. The van der Waals surface area contributed by atoms with Gasteiger partial charge in [0.2, 0.25) is 0 Å². The zero-order chi connectivity index (χ0) is 14.3. The van der Waals surface area contributed by atoms with Crippen LogP contribution in [0.25, 0.3) is 10.9 Å². The summed E-state index contributed by atoms with van der Waals surface area (Å²) < 4.78 is 13.2. The summed E-state index contributed by atoms with van der Waals surface area (Å²) in [5.41, 5.74) is 12.7. The van der Waals surface area contributed by atoms with E-state index in [-0.39, 0.29) is 23.8 Å². The van der Waals surface area contributed by atoms with E-state index >= 15 is 0 Å². The van der Waals surface area contributed by atoms with E-state index in [1.165, 1.54) is 18.3 Å².